The van der Waals surface area contributed by atoms with E-state index in [1.807, 2.05) is 42.6 Å². The van der Waals surface area contributed by atoms with Crippen molar-refractivity contribution in [2.75, 3.05) is 6.61 Å². The van der Waals surface area contributed by atoms with Gasteiger partial charge in [0.25, 0.3) is 0 Å². The number of benzene rings is 1. The molecule has 0 aliphatic heterocycles. The zero-order valence-corrected chi connectivity index (χ0v) is 14.5. The van der Waals surface area contributed by atoms with E-state index in [2.05, 4.69) is 10.3 Å². The smallest absolute Gasteiger partial charge is 0.328 e. The van der Waals surface area contributed by atoms with E-state index in [0.717, 1.165) is 16.3 Å². The van der Waals surface area contributed by atoms with Gasteiger partial charge in [-0.3, -0.25) is 4.79 Å². The van der Waals surface area contributed by atoms with Crippen LogP contribution in [0.25, 0.3) is 6.08 Å². The molecule has 1 amide bonds. The number of hydrogen-bond donors (Lipinski definition) is 1. The maximum absolute atomic E-state index is 12.1. The van der Waals surface area contributed by atoms with Crippen LogP contribution in [0, 0.1) is 6.92 Å². The fourth-order valence-corrected chi connectivity index (χ4v) is 2.70. The van der Waals surface area contributed by atoms with E-state index in [4.69, 9.17) is 4.74 Å². The molecule has 0 aliphatic carbocycles. The van der Waals surface area contributed by atoms with E-state index in [0.29, 0.717) is 6.42 Å². The first kappa shape index (κ1) is 17.9. The molecule has 1 aromatic heterocycles. The van der Waals surface area contributed by atoms with Crippen molar-refractivity contribution in [3.05, 3.63) is 58.1 Å². The molecular weight excluding hydrogens is 324 g/mol. The average molecular weight is 344 g/mol. The summed E-state index contributed by atoms with van der Waals surface area (Å²) in [5.74, 6) is -0.790. The molecule has 0 fully saturated rings. The van der Waals surface area contributed by atoms with Crippen molar-refractivity contribution < 1.29 is 14.3 Å². The lowest BCUT2D eigenvalue weighted by atomic mass is 10.1. The van der Waals surface area contributed by atoms with Gasteiger partial charge < -0.3 is 10.1 Å². The normalized spacial score (nSPS) is 12.1. The summed E-state index contributed by atoms with van der Waals surface area (Å²) in [5.41, 5.74) is 1.68. The SMILES string of the molecule is CCOC(=O)[C@H](Cc1ccccc1)NC(=O)/C=C/c1csc(C)n1. The molecule has 5 nitrogen and oxygen atoms in total. The van der Waals surface area contributed by atoms with Crippen LogP contribution in [0.15, 0.2) is 41.8 Å². The van der Waals surface area contributed by atoms with E-state index in [-0.39, 0.29) is 12.5 Å². The number of amides is 1. The third kappa shape index (κ3) is 5.62. The second-order valence-corrected chi connectivity index (χ2v) is 6.19. The third-order valence-corrected chi connectivity index (χ3v) is 4.00. The number of ether oxygens (including phenoxy) is 1. The van der Waals surface area contributed by atoms with Gasteiger partial charge in [0, 0.05) is 17.9 Å². The number of thiazole rings is 1. The first-order valence-corrected chi connectivity index (χ1v) is 8.57. The number of rotatable bonds is 7. The van der Waals surface area contributed by atoms with Crippen LogP contribution in [0.1, 0.15) is 23.2 Å². The Labute approximate surface area is 145 Å². The largest absolute Gasteiger partial charge is 0.464 e. The van der Waals surface area contributed by atoms with Gasteiger partial charge in [-0.05, 0) is 25.5 Å². The molecule has 0 saturated carbocycles. The summed E-state index contributed by atoms with van der Waals surface area (Å²) in [6, 6.07) is 8.79. The summed E-state index contributed by atoms with van der Waals surface area (Å²) in [4.78, 5) is 28.4. The van der Waals surface area contributed by atoms with Gasteiger partial charge in [-0.1, -0.05) is 30.3 Å². The molecule has 126 valence electrons. The molecule has 0 spiro atoms. The Hall–Kier alpha value is -2.47. The van der Waals surface area contributed by atoms with Crippen molar-refractivity contribution in [2.45, 2.75) is 26.3 Å². The van der Waals surface area contributed by atoms with E-state index in [1.54, 1.807) is 13.0 Å². The molecule has 0 saturated heterocycles. The van der Waals surface area contributed by atoms with Crippen molar-refractivity contribution in [2.24, 2.45) is 0 Å². The number of nitrogens with one attached hydrogen (secondary N) is 1. The lowest BCUT2D eigenvalue weighted by molar-refractivity contribution is -0.146. The summed E-state index contributed by atoms with van der Waals surface area (Å²) in [6.45, 7) is 3.91. The molecule has 1 N–H and O–H groups in total. The first-order valence-electron chi connectivity index (χ1n) is 7.69. The molecule has 1 aromatic carbocycles. The minimum Gasteiger partial charge on any atom is -0.464 e. The minimum atomic E-state index is -0.721. The highest BCUT2D eigenvalue weighted by atomic mass is 32.1. The Balaban J connectivity index is 2.02. The highest BCUT2D eigenvalue weighted by Crippen LogP contribution is 2.09. The zero-order valence-electron chi connectivity index (χ0n) is 13.7. The summed E-state index contributed by atoms with van der Waals surface area (Å²) < 4.78 is 5.05. The maximum atomic E-state index is 12.1. The second kappa shape index (κ2) is 8.98. The lowest BCUT2D eigenvalue weighted by Gasteiger charge is -2.16. The predicted molar refractivity (Wildman–Crippen MR) is 94.6 cm³/mol. The number of esters is 1. The Kier molecular flexibility index (Phi) is 6.69. The van der Waals surface area contributed by atoms with Gasteiger partial charge in [-0.2, -0.15) is 0 Å². The van der Waals surface area contributed by atoms with E-state index >= 15 is 0 Å². The van der Waals surface area contributed by atoms with Crippen molar-refractivity contribution in [1.29, 1.82) is 0 Å². The van der Waals surface area contributed by atoms with Crippen LogP contribution >= 0.6 is 11.3 Å². The number of aryl methyl sites for hydroxylation is 1. The second-order valence-electron chi connectivity index (χ2n) is 5.13. The van der Waals surface area contributed by atoms with Crippen molar-refractivity contribution in [3.8, 4) is 0 Å². The Bertz CT molecular complexity index is 710. The number of nitrogens with zero attached hydrogens (tertiary/aromatic N) is 1. The fraction of sp³-hybridized carbons (Fsp3) is 0.278. The Morgan fingerprint density at radius 1 is 1.33 bits per heavy atom. The summed E-state index contributed by atoms with van der Waals surface area (Å²) in [5, 5.41) is 5.50. The Morgan fingerprint density at radius 2 is 2.08 bits per heavy atom. The highest BCUT2D eigenvalue weighted by Gasteiger charge is 2.21. The topological polar surface area (TPSA) is 68.3 Å². The zero-order chi connectivity index (χ0) is 17.4. The van der Waals surface area contributed by atoms with E-state index in [1.165, 1.54) is 17.4 Å². The maximum Gasteiger partial charge on any atom is 0.328 e. The monoisotopic (exact) mass is 344 g/mol. The van der Waals surface area contributed by atoms with Crippen LogP contribution in [0.2, 0.25) is 0 Å². The molecule has 2 rings (SSSR count). The van der Waals surface area contributed by atoms with Crippen molar-refractivity contribution in [3.63, 3.8) is 0 Å². The van der Waals surface area contributed by atoms with Gasteiger partial charge in [-0.15, -0.1) is 11.3 Å². The van der Waals surface area contributed by atoms with Gasteiger partial charge in [-0.25, -0.2) is 9.78 Å². The number of aromatic nitrogens is 1. The average Bonchev–Trinajstić information content (AvgIpc) is 2.99. The molecule has 2 aromatic rings. The summed E-state index contributed by atoms with van der Waals surface area (Å²) >= 11 is 1.52. The molecule has 0 aliphatic rings. The molecule has 1 atom stereocenters. The number of hydrogen-bond acceptors (Lipinski definition) is 5. The van der Waals surface area contributed by atoms with Crippen molar-refractivity contribution >= 4 is 29.3 Å². The van der Waals surface area contributed by atoms with Crippen LogP contribution < -0.4 is 5.32 Å². The quantitative estimate of drug-likeness (QED) is 0.619. The Morgan fingerprint density at radius 3 is 2.71 bits per heavy atom. The van der Waals surface area contributed by atoms with Gasteiger partial charge in [0.15, 0.2) is 0 Å². The fourth-order valence-electron chi connectivity index (χ4n) is 2.12. The van der Waals surface area contributed by atoms with Crippen LogP contribution in [0.5, 0.6) is 0 Å². The van der Waals surface area contributed by atoms with E-state index < -0.39 is 12.0 Å². The van der Waals surface area contributed by atoms with Crippen LogP contribution in [0.4, 0.5) is 0 Å². The molecular formula is C18H20N2O3S. The third-order valence-electron chi connectivity index (χ3n) is 3.21. The van der Waals surface area contributed by atoms with Crippen LogP contribution in [-0.2, 0) is 20.7 Å². The molecule has 0 bridgehead atoms. The van der Waals surface area contributed by atoms with Crippen LogP contribution in [0.3, 0.4) is 0 Å². The van der Waals surface area contributed by atoms with E-state index in [9.17, 15) is 9.59 Å². The molecule has 24 heavy (non-hydrogen) atoms. The standard InChI is InChI=1S/C18H20N2O3S/c1-3-23-18(22)16(11-14-7-5-4-6-8-14)20-17(21)10-9-15-12-24-13(2)19-15/h4-10,12,16H,3,11H2,1-2H3,(H,20,21)/b10-9+/t16-/m0/s1. The lowest BCUT2D eigenvalue weighted by Crippen LogP contribution is -2.42. The van der Waals surface area contributed by atoms with Gasteiger partial charge in [0.2, 0.25) is 5.91 Å². The predicted octanol–water partition coefficient (Wildman–Crippen LogP) is 2.76. The molecule has 1 heterocycles. The van der Waals surface area contributed by atoms with Gasteiger partial charge in [0.05, 0.1) is 17.3 Å². The summed E-state index contributed by atoms with van der Waals surface area (Å²) in [6.07, 6.45) is 3.39. The highest BCUT2D eigenvalue weighted by molar-refractivity contribution is 7.09. The molecule has 0 radical (unpaired) electrons. The molecule has 6 heteroatoms. The summed E-state index contributed by atoms with van der Waals surface area (Å²) in [7, 11) is 0. The van der Waals surface area contributed by atoms with Crippen LogP contribution in [-0.4, -0.2) is 29.5 Å². The number of carbonyl (C=O) groups is 2. The first-order chi connectivity index (χ1) is 11.6. The minimum absolute atomic E-state index is 0.272. The number of carbonyl (C=O) groups excluding carboxylic acids is 2. The van der Waals surface area contributed by atoms with Gasteiger partial charge in [0.1, 0.15) is 6.04 Å². The van der Waals surface area contributed by atoms with Gasteiger partial charge >= 0.3 is 5.97 Å². The van der Waals surface area contributed by atoms with Crippen molar-refractivity contribution in [1.82, 2.24) is 10.3 Å². The molecule has 0 unspecified atom stereocenters.